The summed E-state index contributed by atoms with van der Waals surface area (Å²) in [5.74, 6) is -0.538. The van der Waals surface area contributed by atoms with E-state index < -0.39 is 6.10 Å². The van der Waals surface area contributed by atoms with Crippen LogP contribution in [0.5, 0.6) is 0 Å². The van der Waals surface area contributed by atoms with E-state index in [2.05, 4.69) is 161 Å². The van der Waals surface area contributed by atoms with Crippen LogP contribution < -0.4 is 0 Å². The molecule has 0 N–H and O–H groups in total. The molecule has 0 aliphatic heterocycles. The zero-order valence-electron chi connectivity index (χ0n) is 43.8. The van der Waals surface area contributed by atoms with Crippen LogP contribution in [-0.2, 0) is 23.8 Å². The molecule has 68 heavy (non-hydrogen) atoms. The lowest BCUT2D eigenvalue weighted by Crippen LogP contribution is -2.30. The molecule has 5 heteroatoms. The minimum atomic E-state index is -0.605. The Balaban J connectivity index is 4.52. The molecule has 0 fully saturated rings. The Bertz CT molecular complexity index is 1480. The van der Waals surface area contributed by atoms with Gasteiger partial charge in [-0.15, -0.1) is 0 Å². The van der Waals surface area contributed by atoms with Crippen molar-refractivity contribution in [2.45, 2.75) is 219 Å². The third-order valence-electron chi connectivity index (χ3n) is 10.9. The molecule has 1 atom stereocenters. The van der Waals surface area contributed by atoms with E-state index in [0.717, 1.165) is 116 Å². The van der Waals surface area contributed by atoms with Crippen molar-refractivity contribution in [3.05, 3.63) is 146 Å². The lowest BCUT2D eigenvalue weighted by atomic mass is 10.1. The summed E-state index contributed by atoms with van der Waals surface area (Å²) in [4.78, 5) is 25.4. The monoisotopic (exact) mass is 937 g/mol. The first-order valence-electron chi connectivity index (χ1n) is 27.4. The molecule has 5 nitrogen and oxygen atoms in total. The number of hydrogen-bond donors (Lipinski definition) is 0. The van der Waals surface area contributed by atoms with Crippen molar-refractivity contribution in [1.82, 2.24) is 0 Å². The number of carbonyl (C=O) groups is 2. The van der Waals surface area contributed by atoms with Crippen LogP contribution in [0, 0.1) is 0 Å². The van der Waals surface area contributed by atoms with E-state index in [1.165, 1.54) is 57.8 Å². The molecule has 0 aromatic carbocycles. The molecule has 0 saturated carbocycles. The fraction of sp³-hybridized carbons (Fsp3) is 0.587. The lowest BCUT2D eigenvalue weighted by molar-refractivity contribution is -0.162. The summed E-state index contributed by atoms with van der Waals surface area (Å²) < 4.78 is 17.3. The lowest BCUT2D eigenvalue weighted by Gasteiger charge is -2.18. The van der Waals surface area contributed by atoms with Gasteiger partial charge in [0.25, 0.3) is 0 Å². The number of unbranched alkanes of at least 4 members (excludes halogenated alkanes) is 13. The first-order valence-corrected chi connectivity index (χ1v) is 27.4. The van der Waals surface area contributed by atoms with Crippen molar-refractivity contribution in [2.75, 3.05) is 19.8 Å². The van der Waals surface area contributed by atoms with Gasteiger partial charge in [0, 0.05) is 19.4 Å². The summed E-state index contributed by atoms with van der Waals surface area (Å²) in [5, 5.41) is 0. The predicted molar refractivity (Wildman–Crippen MR) is 297 cm³/mol. The molecule has 0 bridgehead atoms. The summed E-state index contributed by atoms with van der Waals surface area (Å²) in [7, 11) is 0. The predicted octanol–water partition coefficient (Wildman–Crippen LogP) is 18.9. The molecule has 0 saturated heterocycles. The van der Waals surface area contributed by atoms with E-state index in [1.54, 1.807) is 0 Å². The highest BCUT2D eigenvalue weighted by molar-refractivity contribution is 5.70. The van der Waals surface area contributed by atoms with Gasteiger partial charge in [-0.1, -0.05) is 218 Å². The highest BCUT2D eigenvalue weighted by Crippen LogP contribution is 2.12. The zero-order chi connectivity index (χ0) is 49.2. The summed E-state index contributed by atoms with van der Waals surface area (Å²) >= 11 is 0. The van der Waals surface area contributed by atoms with Crippen molar-refractivity contribution >= 4 is 11.9 Å². The molecule has 0 aliphatic rings. The fourth-order valence-corrected chi connectivity index (χ4v) is 6.85. The maximum Gasteiger partial charge on any atom is 0.306 e. The first kappa shape index (κ1) is 63.8. The van der Waals surface area contributed by atoms with Crippen molar-refractivity contribution in [2.24, 2.45) is 0 Å². The molecule has 0 spiro atoms. The smallest absolute Gasteiger partial charge is 0.306 e. The highest BCUT2D eigenvalue weighted by atomic mass is 16.6. The number of rotatable bonds is 48. The summed E-state index contributed by atoms with van der Waals surface area (Å²) in [6, 6.07) is 0. The van der Waals surface area contributed by atoms with Crippen molar-refractivity contribution in [3.8, 4) is 0 Å². The van der Waals surface area contributed by atoms with E-state index in [9.17, 15) is 9.59 Å². The van der Waals surface area contributed by atoms with Gasteiger partial charge < -0.3 is 14.2 Å². The Morgan fingerprint density at radius 3 is 1.13 bits per heavy atom. The molecule has 382 valence electrons. The third kappa shape index (κ3) is 54.4. The van der Waals surface area contributed by atoms with E-state index >= 15 is 0 Å². The molecule has 0 aliphatic carbocycles. The zero-order valence-corrected chi connectivity index (χ0v) is 43.8. The summed E-state index contributed by atoms with van der Waals surface area (Å²) in [6.45, 7) is 7.39. The number of hydrogen-bond acceptors (Lipinski definition) is 5. The average Bonchev–Trinajstić information content (AvgIpc) is 3.34. The Hall–Kier alpha value is -4.22. The van der Waals surface area contributed by atoms with Crippen LogP contribution in [-0.4, -0.2) is 37.9 Å². The highest BCUT2D eigenvalue weighted by Gasteiger charge is 2.17. The first-order chi connectivity index (χ1) is 33.6. The van der Waals surface area contributed by atoms with Crippen LogP contribution in [0.15, 0.2) is 146 Å². The molecule has 0 amide bonds. The maximum absolute atomic E-state index is 12.8. The molecule has 0 aromatic heterocycles. The third-order valence-corrected chi connectivity index (χ3v) is 10.9. The molecular weight excluding hydrogens is 837 g/mol. The number of carbonyl (C=O) groups excluding carboxylic acids is 2. The molecule has 0 radical (unpaired) electrons. The summed E-state index contributed by atoms with van der Waals surface area (Å²) in [5.41, 5.74) is 0. The molecule has 0 aromatic rings. The normalized spacial score (nSPS) is 13.4. The second-order valence-corrected chi connectivity index (χ2v) is 17.4. The Morgan fingerprint density at radius 1 is 0.338 bits per heavy atom. The van der Waals surface area contributed by atoms with Crippen LogP contribution in [0.3, 0.4) is 0 Å². The molecule has 0 heterocycles. The van der Waals surface area contributed by atoms with E-state index in [0.29, 0.717) is 19.4 Å². The van der Waals surface area contributed by atoms with Crippen molar-refractivity contribution < 1.29 is 23.8 Å². The standard InChI is InChI=1S/C63H100O5/c1-4-7-10-13-16-19-22-25-28-30-32-33-36-38-41-44-47-50-53-56-62(64)67-60-61(68-63(65)57-54-51-48-45-42-39-35-27-24-21-18-15-12-9-6-3)59-66-58-55-52-49-46-43-40-37-34-31-29-26-23-20-17-14-11-8-5-2/h7-8,10-11,16-17,19-20,25-29,32-35,37-38,41,43,46-47,50,61H,4-6,9,12-15,18,21-24,30-31,36,39-40,42,44-45,48-49,51-60H2,1-3H3/b10-7-,11-8-,19-16-,20-17-,28-25-,29-26-,33-32-,35-27-,37-34-,41-38-,46-43-,50-47-. The molecule has 1 unspecified atom stereocenters. The Labute approximate surface area is 419 Å². The Morgan fingerprint density at radius 2 is 0.691 bits per heavy atom. The SMILES string of the molecule is CC/C=C\C/C=C\C/C=C\C/C=C\C/C=C\C/C=C\CCC(=O)OCC(COCCCC/C=C\C/C=C\C/C=C\C/C=C\C/C=C\CC)OC(=O)CCCCCCC/C=C\CCCCCCCC. The summed E-state index contributed by atoms with van der Waals surface area (Å²) in [6.07, 6.45) is 83.1. The topological polar surface area (TPSA) is 61.8 Å². The second-order valence-electron chi connectivity index (χ2n) is 17.4. The number of allylic oxidation sites excluding steroid dienone is 24. The Kier molecular flexibility index (Phi) is 53.6. The molecule has 0 rings (SSSR count). The molecular formula is C63H100O5. The maximum atomic E-state index is 12.8. The number of ether oxygens (including phenoxy) is 3. The fourth-order valence-electron chi connectivity index (χ4n) is 6.85. The van der Waals surface area contributed by atoms with Crippen molar-refractivity contribution in [3.63, 3.8) is 0 Å². The second kappa shape index (κ2) is 57.1. The largest absolute Gasteiger partial charge is 0.462 e. The van der Waals surface area contributed by atoms with Gasteiger partial charge in [0.15, 0.2) is 6.10 Å². The van der Waals surface area contributed by atoms with Gasteiger partial charge in [0.2, 0.25) is 0 Å². The van der Waals surface area contributed by atoms with Gasteiger partial charge >= 0.3 is 11.9 Å². The van der Waals surface area contributed by atoms with E-state index in [4.69, 9.17) is 14.2 Å². The van der Waals surface area contributed by atoms with Crippen molar-refractivity contribution in [1.29, 1.82) is 0 Å². The van der Waals surface area contributed by atoms with Crippen LogP contribution in [0.25, 0.3) is 0 Å². The minimum absolute atomic E-state index is 0.0146. The van der Waals surface area contributed by atoms with Crippen LogP contribution in [0.4, 0.5) is 0 Å². The van der Waals surface area contributed by atoms with Gasteiger partial charge in [0.1, 0.15) is 6.61 Å². The van der Waals surface area contributed by atoms with Crippen LogP contribution in [0.2, 0.25) is 0 Å². The number of esters is 2. The van der Waals surface area contributed by atoms with E-state index in [1.807, 2.05) is 6.08 Å². The quantitative estimate of drug-likeness (QED) is 0.0346. The van der Waals surface area contributed by atoms with E-state index in [-0.39, 0.29) is 31.6 Å². The minimum Gasteiger partial charge on any atom is -0.462 e. The van der Waals surface area contributed by atoms with Gasteiger partial charge in [-0.3, -0.25) is 9.59 Å². The van der Waals surface area contributed by atoms with Crippen LogP contribution >= 0.6 is 0 Å². The average molecular weight is 937 g/mol. The van der Waals surface area contributed by atoms with Gasteiger partial charge in [-0.05, 0) is 128 Å². The van der Waals surface area contributed by atoms with Crippen LogP contribution in [0.1, 0.15) is 213 Å². The van der Waals surface area contributed by atoms with Gasteiger partial charge in [-0.25, -0.2) is 0 Å². The van der Waals surface area contributed by atoms with Gasteiger partial charge in [-0.2, -0.15) is 0 Å². The van der Waals surface area contributed by atoms with Gasteiger partial charge in [0.05, 0.1) is 6.61 Å².